The number of carbonyl (C=O) groups is 1. The number of aliphatic hydroxyl groups is 1. The van der Waals surface area contributed by atoms with Crippen molar-refractivity contribution in [1.82, 2.24) is 5.32 Å². The molecule has 28 heavy (non-hydrogen) atoms. The van der Waals surface area contributed by atoms with E-state index in [1.807, 2.05) is 6.07 Å². The molecule has 4 aliphatic carbocycles. The van der Waals surface area contributed by atoms with Crippen LogP contribution in [0.3, 0.4) is 0 Å². The Bertz CT molecular complexity index is 748. The Morgan fingerprint density at radius 3 is 2.21 bits per heavy atom. The molecule has 4 bridgehead atoms. The third-order valence-electron chi connectivity index (χ3n) is 6.95. The number of rotatable bonds is 7. The average Bonchev–Trinajstić information content (AvgIpc) is 2.63. The lowest BCUT2D eigenvalue weighted by Crippen LogP contribution is -2.56. The first-order chi connectivity index (χ1) is 13.4. The minimum Gasteiger partial charge on any atom is -0.496 e. The highest BCUT2D eigenvalue weighted by Gasteiger charge is 2.57. The summed E-state index contributed by atoms with van der Waals surface area (Å²) in [7, 11) is 4.77. The van der Waals surface area contributed by atoms with Crippen LogP contribution in [0, 0.1) is 17.3 Å². The van der Waals surface area contributed by atoms with Crippen molar-refractivity contribution >= 4 is 5.91 Å². The molecule has 2 unspecified atom stereocenters. The second-order valence-electron chi connectivity index (χ2n) is 9.16. The van der Waals surface area contributed by atoms with Crippen LogP contribution in [0.15, 0.2) is 12.1 Å². The van der Waals surface area contributed by atoms with Gasteiger partial charge in [-0.15, -0.1) is 0 Å². The summed E-state index contributed by atoms with van der Waals surface area (Å²) in [4.78, 5) is 12.8. The van der Waals surface area contributed by atoms with Crippen molar-refractivity contribution < 1.29 is 24.1 Å². The lowest BCUT2D eigenvalue weighted by atomic mass is 9.47. The zero-order chi connectivity index (χ0) is 19.9. The number of ether oxygens (including phenoxy) is 3. The molecule has 2 N–H and O–H groups in total. The molecule has 4 aliphatic rings. The molecule has 6 heteroatoms. The van der Waals surface area contributed by atoms with Crippen LogP contribution in [0.4, 0.5) is 0 Å². The van der Waals surface area contributed by atoms with Crippen LogP contribution in [-0.4, -0.2) is 37.9 Å². The van der Waals surface area contributed by atoms with Gasteiger partial charge < -0.3 is 24.6 Å². The van der Waals surface area contributed by atoms with Crippen LogP contribution in [0.2, 0.25) is 0 Å². The molecular formula is C22H31NO5. The molecule has 0 aromatic heterocycles. The molecule has 154 valence electrons. The third-order valence-corrected chi connectivity index (χ3v) is 6.95. The molecule has 4 atom stereocenters. The first-order valence-electron chi connectivity index (χ1n) is 10.2. The van der Waals surface area contributed by atoms with Gasteiger partial charge in [0.2, 0.25) is 5.91 Å². The van der Waals surface area contributed by atoms with Gasteiger partial charge in [-0.05, 0) is 61.8 Å². The van der Waals surface area contributed by atoms with Crippen LogP contribution < -0.4 is 19.5 Å². The number of hydrogen-bond donors (Lipinski definition) is 2. The molecule has 0 spiro atoms. The lowest BCUT2D eigenvalue weighted by Gasteiger charge is -2.60. The molecule has 0 aliphatic heterocycles. The number of nitrogens with one attached hydrogen (secondary N) is 1. The topological polar surface area (TPSA) is 77.0 Å². The highest BCUT2D eigenvalue weighted by molar-refractivity contribution is 5.77. The van der Waals surface area contributed by atoms with E-state index in [9.17, 15) is 9.90 Å². The molecule has 1 aromatic carbocycles. The van der Waals surface area contributed by atoms with Crippen molar-refractivity contribution in [3.05, 3.63) is 17.7 Å². The van der Waals surface area contributed by atoms with Crippen LogP contribution in [0.25, 0.3) is 0 Å². The zero-order valence-electron chi connectivity index (χ0n) is 17.0. The van der Waals surface area contributed by atoms with Crippen LogP contribution in [0.1, 0.15) is 50.5 Å². The van der Waals surface area contributed by atoms with Gasteiger partial charge in [0.15, 0.2) is 11.5 Å². The Balaban J connectivity index is 1.43. The number of carbonyl (C=O) groups excluding carboxylic acids is 1. The van der Waals surface area contributed by atoms with Gasteiger partial charge in [-0.1, -0.05) is 0 Å². The number of methoxy groups -OCH3 is 3. The Morgan fingerprint density at radius 1 is 1.04 bits per heavy atom. The standard InChI is InChI=1S/C22H31NO5/c1-26-17-6-19(28-3)18(27-2)5-16(17)12-23-20(24)11-21-7-14-4-15(8-21)10-22(25,9-14)13-21/h5-6,14-15,25H,4,7-13H2,1-3H3,(H,23,24)/t14-,15+,21?,22?. The van der Waals surface area contributed by atoms with Gasteiger partial charge in [-0.25, -0.2) is 0 Å². The first-order valence-corrected chi connectivity index (χ1v) is 10.2. The summed E-state index contributed by atoms with van der Waals surface area (Å²) >= 11 is 0. The molecule has 6 nitrogen and oxygen atoms in total. The van der Waals surface area contributed by atoms with E-state index in [4.69, 9.17) is 14.2 Å². The number of benzene rings is 1. The van der Waals surface area contributed by atoms with Gasteiger partial charge in [0.25, 0.3) is 0 Å². The molecule has 0 heterocycles. The summed E-state index contributed by atoms with van der Waals surface area (Å²) < 4.78 is 16.1. The van der Waals surface area contributed by atoms with E-state index in [-0.39, 0.29) is 11.3 Å². The van der Waals surface area contributed by atoms with Gasteiger partial charge >= 0.3 is 0 Å². The first kappa shape index (κ1) is 19.4. The number of hydrogen-bond acceptors (Lipinski definition) is 5. The fourth-order valence-electron chi connectivity index (χ4n) is 6.44. The van der Waals surface area contributed by atoms with E-state index in [2.05, 4.69) is 5.32 Å². The monoisotopic (exact) mass is 389 g/mol. The Morgan fingerprint density at radius 2 is 1.64 bits per heavy atom. The third kappa shape index (κ3) is 3.54. The second-order valence-corrected chi connectivity index (χ2v) is 9.16. The van der Waals surface area contributed by atoms with Crippen molar-refractivity contribution in [2.75, 3.05) is 21.3 Å². The van der Waals surface area contributed by atoms with E-state index < -0.39 is 5.60 Å². The molecule has 0 saturated heterocycles. The van der Waals surface area contributed by atoms with Gasteiger partial charge in [0.05, 0.1) is 26.9 Å². The summed E-state index contributed by atoms with van der Waals surface area (Å²) in [6.07, 6.45) is 6.52. The van der Waals surface area contributed by atoms with Crippen molar-refractivity contribution in [3.63, 3.8) is 0 Å². The second kappa shape index (κ2) is 7.14. The number of amides is 1. The van der Waals surface area contributed by atoms with Crippen molar-refractivity contribution in [2.45, 2.75) is 57.1 Å². The minimum atomic E-state index is -0.531. The highest BCUT2D eigenvalue weighted by atomic mass is 16.5. The van der Waals surface area contributed by atoms with Gasteiger partial charge in [-0.2, -0.15) is 0 Å². The Kier molecular flexibility index (Phi) is 4.94. The normalized spacial score (nSPS) is 32.9. The lowest BCUT2D eigenvalue weighted by molar-refractivity contribution is -0.169. The van der Waals surface area contributed by atoms with Gasteiger partial charge in [-0.3, -0.25) is 4.79 Å². The van der Waals surface area contributed by atoms with E-state index in [0.29, 0.717) is 42.0 Å². The smallest absolute Gasteiger partial charge is 0.220 e. The maximum atomic E-state index is 12.8. The molecule has 1 amide bonds. The Labute approximate surface area is 166 Å². The van der Waals surface area contributed by atoms with Crippen molar-refractivity contribution in [3.8, 4) is 17.2 Å². The van der Waals surface area contributed by atoms with Crippen molar-refractivity contribution in [2.24, 2.45) is 17.3 Å². The summed E-state index contributed by atoms with van der Waals surface area (Å²) in [6.45, 7) is 0.371. The van der Waals surface area contributed by atoms with Crippen LogP contribution in [0.5, 0.6) is 17.2 Å². The largest absolute Gasteiger partial charge is 0.496 e. The minimum absolute atomic E-state index is 0.0232. The summed E-state index contributed by atoms with van der Waals surface area (Å²) in [5.41, 5.74) is 0.291. The fraction of sp³-hybridized carbons (Fsp3) is 0.682. The quantitative estimate of drug-likeness (QED) is 0.750. The van der Waals surface area contributed by atoms with Crippen LogP contribution in [-0.2, 0) is 11.3 Å². The highest BCUT2D eigenvalue weighted by Crippen LogP contribution is 2.62. The predicted molar refractivity (Wildman–Crippen MR) is 105 cm³/mol. The fourth-order valence-corrected chi connectivity index (χ4v) is 6.44. The summed E-state index contributed by atoms with van der Waals surface area (Å²) in [6, 6.07) is 3.61. The summed E-state index contributed by atoms with van der Waals surface area (Å²) in [5.74, 6) is 3.08. The van der Waals surface area contributed by atoms with E-state index in [1.54, 1.807) is 27.4 Å². The molecule has 1 aromatic rings. The Hall–Kier alpha value is -1.95. The average molecular weight is 389 g/mol. The molecule has 5 rings (SSSR count). The molecule has 0 radical (unpaired) electrons. The van der Waals surface area contributed by atoms with Crippen molar-refractivity contribution in [1.29, 1.82) is 0 Å². The van der Waals surface area contributed by atoms with E-state index in [1.165, 1.54) is 6.42 Å². The van der Waals surface area contributed by atoms with Gasteiger partial charge in [0.1, 0.15) is 5.75 Å². The summed E-state index contributed by atoms with van der Waals surface area (Å²) in [5, 5.41) is 13.9. The SMILES string of the molecule is COc1cc(OC)c(OC)cc1CNC(=O)CC12C[C@@H]3C[C@@H](CC(O)(C3)C1)C2. The molecular weight excluding hydrogens is 358 g/mol. The molecule has 4 saturated carbocycles. The maximum absolute atomic E-state index is 12.8. The maximum Gasteiger partial charge on any atom is 0.220 e. The van der Waals surface area contributed by atoms with E-state index in [0.717, 1.165) is 37.7 Å². The molecule has 4 fully saturated rings. The predicted octanol–water partition coefficient (Wildman–Crippen LogP) is 3.05. The van der Waals surface area contributed by atoms with Crippen LogP contribution >= 0.6 is 0 Å². The van der Waals surface area contributed by atoms with E-state index >= 15 is 0 Å². The van der Waals surface area contributed by atoms with Gasteiger partial charge in [0, 0.05) is 24.6 Å². The zero-order valence-corrected chi connectivity index (χ0v) is 17.0.